The summed E-state index contributed by atoms with van der Waals surface area (Å²) in [6.45, 7) is 5.07. The van der Waals surface area contributed by atoms with E-state index in [4.69, 9.17) is 0 Å². The van der Waals surface area contributed by atoms with Crippen molar-refractivity contribution in [1.29, 1.82) is 0 Å². The van der Waals surface area contributed by atoms with Crippen LogP contribution in [0.5, 0.6) is 0 Å². The van der Waals surface area contributed by atoms with Gasteiger partial charge in [0.25, 0.3) is 0 Å². The van der Waals surface area contributed by atoms with Crippen molar-refractivity contribution >= 4 is 16.9 Å². The Bertz CT molecular complexity index is 884. The first-order valence-electron chi connectivity index (χ1n) is 8.78. The van der Waals surface area contributed by atoms with Gasteiger partial charge in [-0.3, -0.25) is 0 Å². The van der Waals surface area contributed by atoms with E-state index in [1.807, 2.05) is 38.2 Å². The lowest BCUT2D eigenvalue weighted by molar-refractivity contribution is 0.238. The number of H-pyrrole nitrogens is 1. The van der Waals surface area contributed by atoms with E-state index in [0.29, 0.717) is 13.1 Å². The van der Waals surface area contributed by atoms with Crippen LogP contribution in [-0.2, 0) is 11.8 Å². The Balaban J connectivity index is 1.47. The molecule has 2 amide bonds. The predicted molar refractivity (Wildman–Crippen MR) is 103 cm³/mol. The Morgan fingerprint density at radius 2 is 1.81 bits per heavy atom. The molecule has 0 atom stereocenters. The van der Waals surface area contributed by atoms with Gasteiger partial charge in [0.15, 0.2) is 0 Å². The Labute approximate surface area is 152 Å². The van der Waals surface area contributed by atoms with Gasteiger partial charge < -0.3 is 15.6 Å². The fraction of sp³-hybridized carbons (Fsp3) is 0.286. The number of aromatic nitrogens is 1. The van der Waals surface area contributed by atoms with Gasteiger partial charge in [-0.25, -0.2) is 9.18 Å². The van der Waals surface area contributed by atoms with Gasteiger partial charge in [-0.05, 0) is 35.7 Å². The lowest BCUT2D eigenvalue weighted by atomic mass is 9.84. The van der Waals surface area contributed by atoms with E-state index in [1.165, 1.54) is 23.1 Å². The molecular formula is C21H24FN3O. The molecule has 0 bridgehead atoms. The second-order valence-electron chi connectivity index (χ2n) is 7.11. The minimum atomic E-state index is -0.276. The molecule has 0 aliphatic carbocycles. The molecule has 26 heavy (non-hydrogen) atoms. The molecule has 0 radical (unpaired) electrons. The Morgan fingerprint density at radius 1 is 1.08 bits per heavy atom. The standard InChI is InChI=1S/C21H24FN3O/c1-21(2,16-7-9-17(22)10-8-16)14-25-20(26)23-12-11-15-13-24-19-6-4-3-5-18(15)19/h3-10,13,24H,11-12,14H2,1-2H3,(H2,23,25,26). The van der Waals surface area contributed by atoms with Gasteiger partial charge in [0.05, 0.1) is 0 Å². The van der Waals surface area contributed by atoms with Gasteiger partial charge in [-0.2, -0.15) is 0 Å². The largest absolute Gasteiger partial charge is 0.361 e. The molecule has 5 heteroatoms. The third-order valence-corrected chi connectivity index (χ3v) is 4.67. The first-order valence-corrected chi connectivity index (χ1v) is 8.78. The predicted octanol–water partition coefficient (Wildman–Crippen LogP) is 4.13. The number of halogens is 1. The van der Waals surface area contributed by atoms with Gasteiger partial charge in [0, 0.05) is 35.6 Å². The molecule has 0 saturated carbocycles. The second-order valence-corrected chi connectivity index (χ2v) is 7.11. The number of aromatic amines is 1. The summed E-state index contributed by atoms with van der Waals surface area (Å²) in [6, 6.07) is 14.3. The quantitative estimate of drug-likeness (QED) is 0.613. The highest BCUT2D eigenvalue weighted by atomic mass is 19.1. The van der Waals surface area contributed by atoms with Crippen molar-refractivity contribution in [3.8, 4) is 0 Å². The number of carbonyl (C=O) groups excluding carboxylic acids is 1. The van der Waals surface area contributed by atoms with Crippen LogP contribution in [0.3, 0.4) is 0 Å². The fourth-order valence-electron chi connectivity index (χ4n) is 3.02. The molecule has 0 spiro atoms. The molecule has 0 unspecified atom stereocenters. The van der Waals surface area contributed by atoms with E-state index in [2.05, 4.69) is 21.7 Å². The van der Waals surface area contributed by atoms with E-state index in [9.17, 15) is 9.18 Å². The number of rotatable bonds is 6. The minimum absolute atomic E-state index is 0.194. The van der Waals surface area contributed by atoms with Crippen molar-refractivity contribution in [2.75, 3.05) is 13.1 Å². The average molecular weight is 353 g/mol. The molecule has 0 saturated heterocycles. The van der Waals surface area contributed by atoms with Crippen LogP contribution in [0, 0.1) is 5.82 Å². The second kappa shape index (κ2) is 7.60. The molecular weight excluding hydrogens is 329 g/mol. The smallest absolute Gasteiger partial charge is 0.314 e. The maximum absolute atomic E-state index is 13.1. The lowest BCUT2D eigenvalue weighted by Gasteiger charge is -2.25. The molecule has 3 N–H and O–H groups in total. The average Bonchev–Trinajstić information content (AvgIpc) is 3.04. The monoisotopic (exact) mass is 353 g/mol. The maximum atomic E-state index is 13.1. The van der Waals surface area contributed by atoms with Crippen LogP contribution in [-0.4, -0.2) is 24.1 Å². The molecule has 3 aromatic rings. The molecule has 2 aromatic carbocycles. The number of benzene rings is 2. The summed E-state index contributed by atoms with van der Waals surface area (Å²) in [5.74, 6) is -0.257. The van der Waals surface area contributed by atoms with Crippen molar-refractivity contribution in [1.82, 2.24) is 15.6 Å². The van der Waals surface area contributed by atoms with Crippen molar-refractivity contribution in [2.24, 2.45) is 0 Å². The van der Waals surface area contributed by atoms with Crippen molar-refractivity contribution in [3.63, 3.8) is 0 Å². The number of urea groups is 1. The van der Waals surface area contributed by atoms with E-state index >= 15 is 0 Å². The van der Waals surface area contributed by atoms with Crippen LogP contribution in [0.25, 0.3) is 10.9 Å². The van der Waals surface area contributed by atoms with Gasteiger partial charge >= 0.3 is 6.03 Å². The Hall–Kier alpha value is -2.82. The highest BCUT2D eigenvalue weighted by molar-refractivity contribution is 5.83. The van der Waals surface area contributed by atoms with E-state index < -0.39 is 0 Å². The summed E-state index contributed by atoms with van der Waals surface area (Å²) in [5, 5.41) is 6.98. The normalized spacial score (nSPS) is 11.5. The molecule has 0 aliphatic rings. The number of fused-ring (bicyclic) bond motifs is 1. The molecule has 4 nitrogen and oxygen atoms in total. The first kappa shape index (κ1) is 18.0. The number of nitrogens with one attached hydrogen (secondary N) is 3. The number of hydrogen-bond donors (Lipinski definition) is 3. The van der Waals surface area contributed by atoms with Gasteiger partial charge in [-0.15, -0.1) is 0 Å². The molecule has 0 aliphatic heterocycles. The third kappa shape index (κ3) is 4.23. The zero-order valence-electron chi connectivity index (χ0n) is 15.1. The van der Waals surface area contributed by atoms with Gasteiger partial charge in [0.2, 0.25) is 0 Å². The van der Waals surface area contributed by atoms with Crippen LogP contribution >= 0.6 is 0 Å². The molecule has 136 valence electrons. The van der Waals surface area contributed by atoms with E-state index in [-0.39, 0.29) is 17.3 Å². The van der Waals surface area contributed by atoms with Crippen LogP contribution < -0.4 is 10.6 Å². The van der Waals surface area contributed by atoms with Crippen LogP contribution in [0.15, 0.2) is 54.7 Å². The topological polar surface area (TPSA) is 56.9 Å². The molecule has 0 fully saturated rings. The van der Waals surface area contributed by atoms with E-state index in [0.717, 1.165) is 17.5 Å². The van der Waals surface area contributed by atoms with E-state index in [1.54, 1.807) is 12.1 Å². The van der Waals surface area contributed by atoms with Crippen molar-refractivity contribution in [2.45, 2.75) is 25.7 Å². The summed E-state index contributed by atoms with van der Waals surface area (Å²) in [5.41, 5.74) is 3.00. The van der Waals surface area contributed by atoms with Crippen molar-refractivity contribution < 1.29 is 9.18 Å². The van der Waals surface area contributed by atoms with Gasteiger partial charge in [0.1, 0.15) is 5.82 Å². The zero-order valence-corrected chi connectivity index (χ0v) is 15.1. The third-order valence-electron chi connectivity index (χ3n) is 4.67. The van der Waals surface area contributed by atoms with Crippen LogP contribution in [0.4, 0.5) is 9.18 Å². The minimum Gasteiger partial charge on any atom is -0.361 e. The number of amides is 2. The maximum Gasteiger partial charge on any atom is 0.314 e. The van der Waals surface area contributed by atoms with Crippen LogP contribution in [0.1, 0.15) is 25.0 Å². The summed E-state index contributed by atoms with van der Waals surface area (Å²) < 4.78 is 13.1. The van der Waals surface area contributed by atoms with Gasteiger partial charge in [-0.1, -0.05) is 44.2 Å². The summed E-state index contributed by atoms with van der Waals surface area (Å²) in [7, 11) is 0. The first-order chi connectivity index (χ1) is 12.5. The SMILES string of the molecule is CC(C)(CNC(=O)NCCc1c[nH]c2ccccc12)c1ccc(F)cc1. The highest BCUT2D eigenvalue weighted by Crippen LogP contribution is 2.22. The fourth-order valence-corrected chi connectivity index (χ4v) is 3.02. The molecule has 1 heterocycles. The highest BCUT2D eigenvalue weighted by Gasteiger charge is 2.21. The summed E-state index contributed by atoms with van der Waals surface area (Å²) in [6.07, 6.45) is 2.75. The Kier molecular flexibility index (Phi) is 5.26. The number of carbonyl (C=O) groups is 1. The number of hydrogen-bond acceptors (Lipinski definition) is 1. The Morgan fingerprint density at radius 3 is 2.58 bits per heavy atom. The van der Waals surface area contributed by atoms with Crippen LogP contribution in [0.2, 0.25) is 0 Å². The van der Waals surface area contributed by atoms with Crippen molar-refractivity contribution in [3.05, 3.63) is 71.7 Å². The molecule has 1 aromatic heterocycles. The summed E-state index contributed by atoms with van der Waals surface area (Å²) in [4.78, 5) is 15.3. The molecule has 3 rings (SSSR count). The lowest BCUT2D eigenvalue weighted by Crippen LogP contribution is -2.42. The zero-order chi connectivity index (χ0) is 18.6. The summed E-state index contributed by atoms with van der Waals surface area (Å²) >= 11 is 0. The number of para-hydroxylation sites is 1.